The van der Waals surface area contributed by atoms with E-state index in [0.29, 0.717) is 22.6 Å². The van der Waals surface area contributed by atoms with Gasteiger partial charge >= 0.3 is 0 Å². The fraction of sp³-hybridized carbons (Fsp3) is 0. The van der Waals surface area contributed by atoms with Gasteiger partial charge < -0.3 is 4.42 Å². The van der Waals surface area contributed by atoms with Crippen LogP contribution in [0.3, 0.4) is 0 Å². The van der Waals surface area contributed by atoms with Gasteiger partial charge in [-0.15, -0.1) is 0 Å². The fourth-order valence-electron chi connectivity index (χ4n) is 2.17. The molecular weight excluding hydrogens is 402 g/mol. The van der Waals surface area contributed by atoms with Crippen molar-refractivity contribution in [2.45, 2.75) is 0 Å². The number of hydrogen-bond donors (Lipinski definition) is 1. The third kappa shape index (κ3) is 4.22. The van der Waals surface area contributed by atoms with Crippen molar-refractivity contribution in [3.8, 4) is 11.3 Å². The molecular formula is C18H12BrN3O4. The second-order valence-electron chi connectivity index (χ2n) is 5.22. The Labute approximate surface area is 156 Å². The first-order valence-electron chi connectivity index (χ1n) is 7.46. The molecule has 0 saturated carbocycles. The Morgan fingerprint density at radius 2 is 1.92 bits per heavy atom. The number of furan rings is 1. The Kier molecular flexibility index (Phi) is 5.23. The van der Waals surface area contributed by atoms with Crippen molar-refractivity contribution in [3.05, 3.63) is 86.6 Å². The number of benzene rings is 2. The number of rotatable bonds is 5. The zero-order valence-electron chi connectivity index (χ0n) is 13.3. The number of carbonyl (C=O) groups is 1. The van der Waals surface area contributed by atoms with Crippen molar-refractivity contribution in [3.63, 3.8) is 0 Å². The molecule has 0 bridgehead atoms. The van der Waals surface area contributed by atoms with E-state index in [1.54, 1.807) is 42.5 Å². The number of nitrogens with one attached hydrogen (secondary N) is 1. The summed E-state index contributed by atoms with van der Waals surface area (Å²) in [6.07, 6.45) is 1.38. The van der Waals surface area contributed by atoms with E-state index in [2.05, 4.69) is 26.5 Å². The van der Waals surface area contributed by atoms with E-state index in [-0.39, 0.29) is 11.6 Å². The molecule has 0 saturated heterocycles. The highest BCUT2D eigenvalue weighted by molar-refractivity contribution is 9.10. The average Bonchev–Trinajstić information content (AvgIpc) is 3.10. The predicted octanol–water partition coefficient (Wildman–Crippen LogP) is 4.38. The molecule has 8 heteroatoms. The Morgan fingerprint density at radius 1 is 1.15 bits per heavy atom. The number of nitrogens with zero attached hydrogens (tertiary/aromatic N) is 2. The lowest BCUT2D eigenvalue weighted by Gasteiger charge is -1.99. The van der Waals surface area contributed by atoms with E-state index in [4.69, 9.17) is 4.42 Å². The van der Waals surface area contributed by atoms with Crippen LogP contribution >= 0.6 is 15.9 Å². The van der Waals surface area contributed by atoms with Crippen LogP contribution in [0.4, 0.5) is 5.69 Å². The zero-order valence-corrected chi connectivity index (χ0v) is 14.8. The molecule has 0 aliphatic rings. The third-order valence-corrected chi connectivity index (χ3v) is 3.93. The van der Waals surface area contributed by atoms with Gasteiger partial charge in [-0.3, -0.25) is 14.9 Å². The highest BCUT2D eigenvalue weighted by atomic mass is 79.9. The van der Waals surface area contributed by atoms with E-state index in [0.717, 1.165) is 4.47 Å². The van der Waals surface area contributed by atoms with Gasteiger partial charge in [-0.1, -0.05) is 22.0 Å². The van der Waals surface area contributed by atoms with Crippen LogP contribution in [0.25, 0.3) is 11.3 Å². The van der Waals surface area contributed by atoms with Crippen LogP contribution in [0.1, 0.15) is 16.1 Å². The molecule has 130 valence electrons. The number of nitro groups is 1. The molecule has 0 fully saturated rings. The molecule has 3 aromatic rings. The van der Waals surface area contributed by atoms with Crippen LogP contribution < -0.4 is 5.43 Å². The maximum atomic E-state index is 12.0. The molecule has 0 unspecified atom stereocenters. The summed E-state index contributed by atoms with van der Waals surface area (Å²) in [6, 6.07) is 16.4. The van der Waals surface area contributed by atoms with E-state index >= 15 is 0 Å². The highest BCUT2D eigenvalue weighted by Gasteiger charge is 2.08. The third-order valence-electron chi connectivity index (χ3n) is 3.43. The van der Waals surface area contributed by atoms with Gasteiger partial charge in [0.2, 0.25) is 0 Å². The van der Waals surface area contributed by atoms with Gasteiger partial charge in [0.25, 0.3) is 11.6 Å². The maximum absolute atomic E-state index is 12.0. The molecule has 7 nitrogen and oxygen atoms in total. The molecule has 0 spiro atoms. The Balaban J connectivity index is 1.65. The number of non-ortho nitro benzene ring substituents is 1. The lowest BCUT2D eigenvalue weighted by Crippen LogP contribution is -2.17. The van der Waals surface area contributed by atoms with E-state index in [1.165, 1.54) is 18.3 Å². The summed E-state index contributed by atoms with van der Waals surface area (Å²) < 4.78 is 6.40. The van der Waals surface area contributed by atoms with E-state index in [1.807, 2.05) is 6.07 Å². The molecule has 0 aliphatic carbocycles. The van der Waals surface area contributed by atoms with Crippen LogP contribution in [-0.4, -0.2) is 17.0 Å². The largest absolute Gasteiger partial charge is 0.455 e. The van der Waals surface area contributed by atoms with Crippen LogP contribution in [0, 0.1) is 10.1 Å². The number of hydrazone groups is 1. The highest BCUT2D eigenvalue weighted by Crippen LogP contribution is 2.24. The molecule has 1 amide bonds. The van der Waals surface area contributed by atoms with Gasteiger partial charge in [0.15, 0.2) is 0 Å². The quantitative estimate of drug-likeness (QED) is 0.381. The van der Waals surface area contributed by atoms with Crippen LogP contribution in [-0.2, 0) is 0 Å². The standard InChI is InChI=1S/C18H12BrN3O4/c19-14-3-1-2-13(10-14)18(23)21-20-11-16-8-9-17(26-16)12-4-6-15(7-5-12)22(24)25/h1-11H,(H,21,23)/b20-11+. The summed E-state index contributed by atoms with van der Waals surface area (Å²) >= 11 is 3.30. The number of carbonyl (C=O) groups excluding carboxylic acids is 1. The van der Waals surface area contributed by atoms with Crippen molar-refractivity contribution >= 4 is 33.7 Å². The summed E-state index contributed by atoms with van der Waals surface area (Å²) in [5.74, 6) is 0.636. The summed E-state index contributed by atoms with van der Waals surface area (Å²) in [7, 11) is 0. The van der Waals surface area contributed by atoms with Crippen LogP contribution in [0.5, 0.6) is 0 Å². The first kappa shape index (κ1) is 17.6. The van der Waals surface area contributed by atoms with Gasteiger partial charge in [-0.2, -0.15) is 5.10 Å². The molecule has 0 radical (unpaired) electrons. The van der Waals surface area contributed by atoms with Crippen LogP contribution in [0.2, 0.25) is 0 Å². The molecule has 3 rings (SSSR count). The van der Waals surface area contributed by atoms with Gasteiger partial charge in [0.05, 0.1) is 11.1 Å². The molecule has 0 aliphatic heterocycles. The summed E-state index contributed by atoms with van der Waals surface area (Å²) in [4.78, 5) is 22.2. The average molecular weight is 414 g/mol. The van der Waals surface area contributed by atoms with Crippen molar-refractivity contribution in [2.24, 2.45) is 5.10 Å². The molecule has 1 heterocycles. The fourth-order valence-corrected chi connectivity index (χ4v) is 2.57. The van der Waals surface area contributed by atoms with Gasteiger partial charge in [-0.05, 0) is 42.5 Å². The van der Waals surface area contributed by atoms with Crippen molar-refractivity contribution in [2.75, 3.05) is 0 Å². The summed E-state index contributed by atoms with van der Waals surface area (Å²) in [5.41, 5.74) is 3.61. The number of hydrogen-bond acceptors (Lipinski definition) is 5. The Hall–Kier alpha value is -3.26. The first-order valence-corrected chi connectivity index (χ1v) is 8.26. The smallest absolute Gasteiger partial charge is 0.271 e. The normalized spacial score (nSPS) is 10.8. The van der Waals surface area contributed by atoms with Gasteiger partial charge in [-0.25, -0.2) is 5.43 Å². The number of amides is 1. The van der Waals surface area contributed by atoms with Crippen molar-refractivity contribution < 1.29 is 14.1 Å². The lowest BCUT2D eigenvalue weighted by molar-refractivity contribution is -0.384. The van der Waals surface area contributed by atoms with Crippen LogP contribution in [0.15, 0.2) is 74.7 Å². The lowest BCUT2D eigenvalue weighted by atomic mass is 10.1. The minimum absolute atomic E-state index is 0.0114. The minimum atomic E-state index is -0.460. The number of halogens is 1. The zero-order chi connectivity index (χ0) is 18.5. The SMILES string of the molecule is O=C(N/N=C/c1ccc(-c2ccc([N+](=O)[O-])cc2)o1)c1cccc(Br)c1. The monoisotopic (exact) mass is 413 g/mol. The molecule has 26 heavy (non-hydrogen) atoms. The van der Waals surface area contributed by atoms with Gasteiger partial charge in [0, 0.05) is 27.7 Å². The van der Waals surface area contributed by atoms with E-state index in [9.17, 15) is 14.9 Å². The van der Waals surface area contributed by atoms with E-state index < -0.39 is 4.92 Å². The maximum Gasteiger partial charge on any atom is 0.271 e. The Bertz CT molecular complexity index is 980. The second-order valence-corrected chi connectivity index (χ2v) is 6.13. The molecule has 1 N–H and O–H groups in total. The van der Waals surface area contributed by atoms with Crippen molar-refractivity contribution in [1.82, 2.24) is 5.43 Å². The number of nitro benzene ring substituents is 1. The molecule has 1 aromatic heterocycles. The second kappa shape index (κ2) is 7.75. The topological polar surface area (TPSA) is 97.7 Å². The Morgan fingerprint density at radius 3 is 2.62 bits per heavy atom. The molecule has 0 atom stereocenters. The molecule has 2 aromatic carbocycles. The predicted molar refractivity (Wildman–Crippen MR) is 100 cm³/mol. The van der Waals surface area contributed by atoms with Gasteiger partial charge in [0.1, 0.15) is 11.5 Å². The first-order chi connectivity index (χ1) is 12.5. The summed E-state index contributed by atoms with van der Waals surface area (Å²) in [6.45, 7) is 0. The minimum Gasteiger partial charge on any atom is -0.455 e. The summed E-state index contributed by atoms with van der Waals surface area (Å²) in [5, 5.41) is 14.5. The van der Waals surface area contributed by atoms with Crippen molar-refractivity contribution in [1.29, 1.82) is 0 Å².